The molecule has 1 aromatic carbocycles. The Morgan fingerprint density at radius 1 is 1.36 bits per heavy atom. The van der Waals surface area contributed by atoms with Gasteiger partial charge in [-0.15, -0.1) is 0 Å². The number of nitrogens with zero attached hydrogens (tertiary/aromatic N) is 2. The van der Waals surface area contributed by atoms with Gasteiger partial charge in [0.15, 0.2) is 5.96 Å². The zero-order valence-electron chi connectivity index (χ0n) is 17.8. The molecule has 1 aromatic rings. The number of rotatable bonds is 9. The number of likely N-dealkylation sites (tertiary alicyclic amines) is 1. The predicted octanol–water partition coefficient (Wildman–Crippen LogP) is 3.18. The molecule has 1 aliphatic heterocycles. The molecule has 6 nitrogen and oxygen atoms in total. The Balaban J connectivity index is 1.92. The summed E-state index contributed by atoms with van der Waals surface area (Å²) < 4.78 is 5.79. The third kappa shape index (κ3) is 7.06. The fourth-order valence-corrected chi connectivity index (χ4v) is 3.20. The summed E-state index contributed by atoms with van der Waals surface area (Å²) in [6.45, 7) is 11.8. The lowest BCUT2D eigenvalue weighted by molar-refractivity contribution is -0.133. The van der Waals surface area contributed by atoms with E-state index < -0.39 is 0 Å². The summed E-state index contributed by atoms with van der Waals surface area (Å²) in [7, 11) is 0. The third-order valence-electron chi connectivity index (χ3n) is 4.76. The molecule has 1 heterocycles. The number of carbonyl (C=O) groups excluding carboxylic acids is 1. The monoisotopic (exact) mass is 388 g/mol. The van der Waals surface area contributed by atoms with Crippen LogP contribution in [-0.2, 0) is 11.3 Å². The second kappa shape index (κ2) is 11.6. The Morgan fingerprint density at radius 2 is 2.18 bits per heavy atom. The molecule has 2 N–H and O–H groups in total. The van der Waals surface area contributed by atoms with E-state index in [1.165, 1.54) is 0 Å². The van der Waals surface area contributed by atoms with Gasteiger partial charge in [0.2, 0.25) is 5.91 Å². The maximum atomic E-state index is 12.2. The van der Waals surface area contributed by atoms with E-state index in [-0.39, 0.29) is 17.9 Å². The molecule has 1 atom stereocenters. The lowest BCUT2D eigenvalue weighted by Crippen LogP contribution is -2.45. The molecule has 1 fully saturated rings. The molecule has 2 rings (SSSR count). The van der Waals surface area contributed by atoms with Crippen LogP contribution >= 0.6 is 0 Å². The molecular formula is C22H36N4O2. The van der Waals surface area contributed by atoms with Gasteiger partial charge in [0.25, 0.3) is 0 Å². The van der Waals surface area contributed by atoms with Crippen LogP contribution in [0.25, 0.3) is 0 Å². The first-order chi connectivity index (χ1) is 13.5. The van der Waals surface area contributed by atoms with Gasteiger partial charge in [-0.3, -0.25) is 4.79 Å². The predicted molar refractivity (Wildman–Crippen MR) is 115 cm³/mol. The van der Waals surface area contributed by atoms with Crippen molar-refractivity contribution in [3.05, 3.63) is 29.8 Å². The third-order valence-corrected chi connectivity index (χ3v) is 4.76. The second-order valence-corrected chi connectivity index (χ2v) is 7.61. The summed E-state index contributed by atoms with van der Waals surface area (Å²) in [5, 5.41) is 6.79. The van der Waals surface area contributed by atoms with Crippen molar-refractivity contribution < 1.29 is 9.53 Å². The number of benzene rings is 1. The highest BCUT2D eigenvalue weighted by Crippen LogP contribution is 2.15. The van der Waals surface area contributed by atoms with Crippen molar-refractivity contribution in [2.75, 3.05) is 26.2 Å². The van der Waals surface area contributed by atoms with E-state index in [0.29, 0.717) is 6.54 Å². The van der Waals surface area contributed by atoms with Crippen molar-refractivity contribution in [2.24, 2.45) is 10.9 Å². The SMILES string of the molecule is CCCCOc1cccc(CN=C(NCC)NC2CCN(C(=O)C(C)C)C2)c1. The lowest BCUT2D eigenvalue weighted by atomic mass is 10.2. The van der Waals surface area contributed by atoms with Crippen LogP contribution in [-0.4, -0.2) is 49.0 Å². The summed E-state index contributed by atoms with van der Waals surface area (Å²) in [6.07, 6.45) is 3.14. The summed E-state index contributed by atoms with van der Waals surface area (Å²) in [5.41, 5.74) is 1.12. The van der Waals surface area contributed by atoms with Crippen molar-refractivity contribution in [1.82, 2.24) is 15.5 Å². The van der Waals surface area contributed by atoms with Gasteiger partial charge in [-0.1, -0.05) is 39.3 Å². The van der Waals surface area contributed by atoms with Crippen LogP contribution in [0, 0.1) is 5.92 Å². The van der Waals surface area contributed by atoms with Gasteiger partial charge in [0.1, 0.15) is 5.75 Å². The number of hydrogen-bond acceptors (Lipinski definition) is 3. The minimum atomic E-state index is 0.0486. The smallest absolute Gasteiger partial charge is 0.225 e. The highest BCUT2D eigenvalue weighted by atomic mass is 16.5. The molecule has 28 heavy (non-hydrogen) atoms. The van der Waals surface area contributed by atoms with E-state index in [9.17, 15) is 4.79 Å². The number of nitrogens with one attached hydrogen (secondary N) is 2. The molecule has 0 bridgehead atoms. The minimum Gasteiger partial charge on any atom is -0.494 e. The van der Waals surface area contributed by atoms with E-state index in [2.05, 4.69) is 36.6 Å². The average molecular weight is 389 g/mol. The van der Waals surface area contributed by atoms with Crippen LogP contribution in [0.4, 0.5) is 0 Å². The highest BCUT2D eigenvalue weighted by Gasteiger charge is 2.27. The fraction of sp³-hybridized carbons (Fsp3) is 0.636. The molecular weight excluding hydrogens is 352 g/mol. The summed E-state index contributed by atoms with van der Waals surface area (Å²) in [5.74, 6) is 1.97. The Bertz CT molecular complexity index is 645. The molecule has 6 heteroatoms. The summed E-state index contributed by atoms with van der Waals surface area (Å²) in [4.78, 5) is 18.9. The quantitative estimate of drug-likeness (QED) is 0.387. The minimum absolute atomic E-state index is 0.0486. The normalized spacial score (nSPS) is 17.1. The molecule has 0 aromatic heterocycles. The maximum Gasteiger partial charge on any atom is 0.225 e. The maximum absolute atomic E-state index is 12.2. The first kappa shape index (κ1) is 22.1. The number of carbonyl (C=O) groups is 1. The fourth-order valence-electron chi connectivity index (χ4n) is 3.20. The number of hydrogen-bond donors (Lipinski definition) is 2. The van der Waals surface area contributed by atoms with Crippen LogP contribution in [0.5, 0.6) is 5.75 Å². The Morgan fingerprint density at radius 3 is 2.89 bits per heavy atom. The summed E-state index contributed by atoms with van der Waals surface area (Å²) in [6, 6.07) is 8.37. The largest absolute Gasteiger partial charge is 0.494 e. The molecule has 0 aliphatic carbocycles. The number of guanidine groups is 1. The Kier molecular flexibility index (Phi) is 9.11. The van der Waals surface area contributed by atoms with Gasteiger partial charge in [0.05, 0.1) is 13.2 Å². The number of ether oxygens (including phenoxy) is 1. The first-order valence-electron chi connectivity index (χ1n) is 10.6. The molecule has 1 unspecified atom stereocenters. The molecule has 156 valence electrons. The number of amides is 1. The van der Waals surface area contributed by atoms with E-state index >= 15 is 0 Å². The first-order valence-corrected chi connectivity index (χ1v) is 10.6. The van der Waals surface area contributed by atoms with Gasteiger partial charge in [-0.05, 0) is 37.5 Å². The van der Waals surface area contributed by atoms with Crippen LogP contribution in [0.15, 0.2) is 29.3 Å². The summed E-state index contributed by atoms with van der Waals surface area (Å²) >= 11 is 0. The molecule has 1 aliphatic rings. The van der Waals surface area contributed by atoms with Gasteiger partial charge in [0, 0.05) is 31.6 Å². The zero-order chi connectivity index (χ0) is 20.4. The van der Waals surface area contributed by atoms with Gasteiger partial charge >= 0.3 is 0 Å². The molecule has 0 saturated carbocycles. The second-order valence-electron chi connectivity index (χ2n) is 7.61. The van der Waals surface area contributed by atoms with Gasteiger partial charge < -0.3 is 20.3 Å². The number of aliphatic imine (C=N–C) groups is 1. The van der Waals surface area contributed by atoms with E-state index in [1.54, 1.807) is 0 Å². The number of unbranched alkanes of at least 4 members (excludes halogenated alkanes) is 1. The van der Waals surface area contributed by atoms with Crippen molar-refractivity contribution in [2.45, 2.75) is 59.5 Å². The van der Waals surface area contributed by atoms with E-state index in [4.69, 9.17) is 9.73 Å². The zero-order valence-corrected chi connectivity index (χ0v) is 17.8. The highest BCUT2D eigenvalue weighted by molar-refractivity contribution is 5.81. The Labute approximate surface area is 169 Å². The molecule has 0 radical (unpaired) electrons. The van der Waals surface area contributed by atoms with Crippen LogP contribution < -0.4 is 15.4 Å². The molecule has 0 spiro atoms. The molecule has 1 saturated heterocycles. The van der Waals surface area contributed by atoms with E-state index in [0.717, 1.165) is 62.8 Å². The van der Waals surface area contributed by atoms with Crippen molar-refractivity contribution >= 4 is 11.9 Å². The van der Waals surface area contributed by atoms with Crippen molar-refractivity contribution in [1.29, 1.82) is 0 Å². The topological polar surface area (TPSA) is 66.0 Å². The van der Waals surface area contributed by atoms with Crippen LogP contribution in [0.1, 0.15) is 52.5 Å². The van der Waals surface area contributed by atoms with Crippen molar-refractivity contribution in [3.63, 3.8) is 0 Å². The van der Waals surface area contributed by atoms with Crippen LogP contribution in [0.2, 0.25) is 0 Å². The standard InChI is InChI=1S/C22H36N4O2/c1-5-7-13-28-20-10-8-9-18(14-20)15-24-22(23-6-2)25-19-11-12-26(16-19)21(27)17(3)4/h8-10,14,17,19H,5-7,11-13,15-16H2,1-4H3,(H2,23,24,25). The van der Waals surface area contributed by atoms with E-state index in [1.807, 2.05) is 30.9 Å². The van der Waals surface area contributed by atoms with Gasteiger partial charge in [-0.2, -0.15) is 0 Å². The lowest BCUT2D eigenvalue weighted by Gasteiger charge is -2.20. The molecule has 1 amide bonds. The Hall–Kier alpha value is -2.24. The average Bonchev–Trinajstić information content (AvgIpc) is 3.14. The van der Waals surface area contributed by atoms with Crippen LogP contribution in [0.3, 0.4) is 0 Å². The van der Waals surface area contributed by atoms with Crippen molar-refractivity contribution in [3.8, 4) is 5.75 Å². The van der Waals surface area contributed by atoms with Gasteiger partial charge in [-0.25, -0.2) is 4.99 Å².